The molecule has 0 aliphatic heterocycles. The largest absolute Gasteiger partial charge is 0.465 e. The number of aliphatic hydroxyl groups excluding tert-OH is 2. The van der Waals surface area contributed by atoms with E-state index in [0.717, 1.165) is 21.9 Å². The van der Waals surface area contributed by atoms with E-state index in [2.05, 4.69) is 10.6 Å². The van der Waals surface area contributed by atoms with Crippen molar-refractivity contribution in [3.63, 3.8) is 0 Å². The number of fused-ring (bicyclic) bond motifs is 1. The van der Waals surface area contributed by atoms with Crippen molar-refractivity contribution in [1.29, 1.82) is 0 Å². The first-order valence-corrected chi connectivity index (χ1v) is 13.3. The fourth-order valence-corrected chi connectivity index (χ4v) is 4.90. The molecule has 0 aromatic heterocycles. The summed E-state index contributed by atoms with van der Waals surface area (Å²) in [6.45, 7) is 0. The summed E-state index contributed by atoms with van der Waals surface area (Å²) in [6, 6.07) is 31.1. The highest BCUT2D eigenvalue weighted by Crippen LogP contribution is 2.20. The summed E-state index contributed by atoms with van der Waals surface area (Å²) >= 11 is 0. The number of nitrogens with one attached hydrogen (secondary N) is 2. The Labute approximate surface area is 233 Å². The zero-order chi connectivity index (χ0) is 28.5. The molecule has 0 spiro atoms. The molecule has 4 unspecified atom stereocenters. The Morgan fingerprint density at radius 3 is 2.02 bits per heavy atom. The van der Waals surface area contributed by atoms with E-state index in [1.165, 1.54) is 0 Å². The van der Waals surface area contributed by atoms with Crippen LogP contribution in [0.5, 0.6) is 0 Å². The third-order valence-electron chi connectivity index (χ3n) is 7.10. The molecule has 7 N–H and O–H groups in total. The summed E-state index contributed by atoms with van der Waals surface area (Å²) in [4.78, 5) is 24.7. The second-order valence-corrected chi connectivity index (χ2v) is 10.1. The number of benzene rings is 4. The van der Waals surface area contributed by atoms with Crippen molar-refractivity contribution in [3.8, 4) is 0 Å². The quantitative estimate of drug-likeness (QED) is 0.150. The van der Waals surface area contributed by atoms with Crippen molar-refractivity contribution in [2.24, 2.45) is 5.73 Å². The van der Waals surface area contributed by atoms with Crippen LogP contribution in [-0.2, 0) is 12.8 Å². The number of carbonyl (C=O) groups excluding carboxylic acids is 1. The number of amides is 2. The summed E-state index contributed by atoms with van der Waals surface area (Å²) in [7, 11) is 0. The molecular formula is C32H35N3O5. The zero-order valence-electron chi connectivity index (χ0n) is 22.1. The summed E-state index contributed by atoms with van der Waals surface area (Å²) in [5, 5.41) is 38.8. The van der Waals surface area contributed by atoms with Crippen LogP contribution in [-0.4, -0.2) is 51.2 Å². The lowest BCUT2D eigenvalue weighted by Crippen LogP contribution is -2.64. The second kappa shape index (κ2) is 13.2. The molecule has 208 valence electrons. The van der Waals surface area contributed by atoms with Gasteiger partial charge in [0.1, 0.15) is 5.66 Å². The minimum Gasteiger partial charge on any atom is -0.465 e. The molecule has 40 heavy (non-hydrogen) atoms. The van der Waals surface area contributed by atoms with Gasteiger partial charge in [-0.3, -0.25) is 4.79 Å². The molecule has 0 saturated carbocycles. The van der Waals surface area contributed by atoms with E-state index in [4.69, 9.17) is 5.73 Å². The van der Waals surface area contributed by atoms with Crippen molar-refractivity contribution in [3.05, 3.63) is 120 Å². The van der Waals surface area contributed by atoms with Crippen molar-refractivity contribution in [2.45, 2.75) is 49.6 Å². The van der Waals surface area contributed by atoms with Gasteiger partial charge in [-0.15, -0.1) is 0 Å². The van der Waals surface area contributed by atoms with E-state index >= 15 is 0 Å². The lowest BCUT2D eigenvalue weighted by Gasteiger charge is -2.35. The van der Waals surface area contributed by atoms with E-state index in [1.54, 1.807) is 30.3 Å². The molecule has 0 fully saturated rings. The number of hydrogen-bond donors (Lipinski definition) is 6. The first-order valence-electron chi connectivity index (χ1n) is 13.3. The SMILES string of the molecule is NC(Cc1ccccc1)(NC(=O)O)C(O)CCC(O)C(Cc1ccccc1)NC(=O)c1ccc2ccccc2c1. The second-order valence-electron chi connectivity index (χ2n) is 10.1. The number of hydrogen-bond acceptors (Lipinski definition) is 5. The maximum atomic E-state index is 13.2. The first-order chi connectivity index (χ1) is 19.2. The van der Waals surface area contributed by atoms with Gasteiger partial charge < -0.3 is 31.7 Å². The van der Waals surface area contributed by atoms with E-state index in [9.17, 15) is 24.9 Å². The molecule has 4 rings (SSSR count). The molecule has 0 aliphatic carbocycles. The van der Waals surface area contributed by atoms with Crippen LogP contribution < -0.4 is 16.4 Å². The molecule has 4 aromatic carbocycles. The van der Waals surface area contributed by atoms with Crippen molar-refractivity contribution in [1.82, 2.24) is 10.6 Å². The van der Waals surface area contributed by atoms with Crippen LogP contribution in [0.2, 0.25) is 0 Å². The van der Waals surface area contributed by atoms with Gasteiger partial charge in [0.15, 0.2) is 0 Å². The number of aliphatic hydroxyl groups is 2. The number of nitrogens with two attached hydrogens (primary N) is 1. The van der Waals surface area contributed by atoms with E-state index < -0.39 is 30.0 Å². The predicted molar refractivity (Wildman–Crippen MR) is 155 cm³/mol. The molecule has 0 bridgehead atoms. The molecule has 8 heteroatoms. The Balaban J connectivity index is 1.48. The lowest BCUT2D eigenvalue weighted by atomic mass is 9.89. The number of rotatable bonds is 12. The third kappa shape index (κ3) is 7.66. The average molecular weight is 542 g/mol. The molecular weight excluding hydrogens is 506 g/mol. The lowest BCUT2D eigenvalue weighted by molar-refractivity contribution is 0.0330. The Hall–Kier alpha value is -4.24. The highest BCUT2D eigenvalue weighted by atomic mass is 16.4. The van der Waals surface area contributed by atoms with Crippen LogP contribution in [0, 0.1) is 0 Å². The van der Waals surface area contributed by atoms with Gasteiger partial charge in [0, 0.05) is 12.0 Å². The Kier molecular flexibility index (Phi) is 9.50. The van der Waals surface area contributed by atoms with Gasteiger partial charge >= 0.3 is 6.09 Å². The summed E-state index contributed by atoms with van der Waals surface area (Å²) in [5.41, 5.74) is 6.85. The van der Waals surface area contributed by atoms with Crippen LogP contribution in [0.15, 0.2) is 103 Å². The van der Waals surface area contributed by atoms with Gasteiger partial charge in [0.2, 0.25) is 0 Å². The topological polar surface area (TPSA) is 145 Å². The highest BCUT2D eigenvalue weighted by molar-refractivity contribution is 5.98. The van der Waals surface area contributed by atoms with Gasteiger partial charge in [0.05, 0.1) is 18.2 Å². The monoisotopic (exact) mass is 541 g/mol. The van der Waals surface area contributed by atoms with Crippen LogP contribution in [0.1, 0.15) is 34.3 Å². The van der Waals surface area contributed by atoms with Gasteiger partial charge in [0.25, 0.3) is 5.91 Å². The average Bonchev–Trinajstić information content (AvgIpc) is 2.95. The van der Waals surface area contributed by atoms with Crippen LogP contribution >= 0.6 is 0 Å². The zero-order valence-corrected chi connectivity index (χ0v) is 22.1. The standard InChI is InChI=1S/C32H35N3O5/c33-32(35-31(39)40,21-23-11-5-2-6-12-23)29(37)18-17-28(36)27(19-22-9-3-1-4-10-22)34-30(38)26-16-15-24-13-7-8-14-25(24)20-26/h1-16,20,27-29,35-37H,17-19,21,33H2,(H,34,38)(H,39,40). The summed E-state index contributed by atoms with van der Waals surface area (Å²) in [6.07, 6.45) is -3.19. The van der Waals surface area contributed by atoms with Crippen molar-refractivity contribution >= 4 is 22.8 Å². The minimum atomic E-state index is -1.67. The molecule has 0 heterocycles. The van der Waals surface area contributed by atoms with Crippen molar-refractivity contribution in [2.75, 3.05) is 0 Å². The maximum Gasteiger partial charge on any atom is 0.406 e. The van der Waals surface area contributed by atoms with Crippen LogP contribution in [0.25, 0.3) is 10.8 Å². The smallest absolute Gasteiger partial charge is 0.406 e. The van der Waals surface area contributed by atoms with Gasteiger partial charge in [-0.1, -0.05) is 91.0 Å². The normalized spacial score (nSPS) is 15.0. The van der Waals surface area contributed by atoms with Crippen LogP contribution in [0.3, 0.4) is 0 Å². The molecule has 2 amide bonds. The van der Waals surface area contributed by atoms with Gasteiger partial charge in [-0.25, -0.2) is 4.79 Å². The molecule has 4 atom stereocenters. The molecule has 0 saturated heterocycles. The maximum absolute atomic E-state index is 13.2. The van der Waals surface area contributed by atoms with Crippen molar-refractivity contribution < 1.29 is 24.9 Å². The Morgan fingerprint density at radius 2 is 1.38 bits per heavy atom. The first kappa shape index (κ1) is 28.8. The minimum absolute atomic E-state index is 0.00190. The van der Waals surface area contributed by atoms with E-state index in [0.29, 0.717) is 12.0 Å². The Morgan fingerprint density at radius 1 is 0.775 bits per heavy atom. The highest BCUT2D eigenvalue weighted by Gasteiger charge is 2.36. The van der Waals surface area contributed by atoms with Crippen LogP contribution in [0.4, 0.5) is 4.79 Å². The molecule has 0 radical (unpaired) electrons. The predicted octanol–water partition coefficient (Wildman–Crippen LogP) is 3.85. The summed E-state index contributed by atoms with van der Waals surface area (Å²) < 4.78 is 0. The van der Waals surface area contributed by atoms with E-state index in [-0.39, 0.29) is 25.2 Å². The molecule has 8 nitrogen and oxygen atoms in total. The fourth-order valence-electron chi connectivity index (χ4n) is 4.90. The fraction of sp³-hybridized carbons (Fsp3) is 0.250. The summed E-state index contributed by atoms with van der Waals surface area (Å²) in [5.74, 6) is -0.323. The number of carboxylic acid groups (broad SMARTS) is 1. The van der Waals surface area contributed by atoms with Gasteiger partial charge in [-0.2, -0.15) is 0 Å². The van der Waals surface area contributed by atoms with Gasteiger partial charge in [-0.05, 0) is 53.3 Å². The number of carbonyl (C=O) groups is 2. The molecule has 4 aromatic rings. The Bertz CT molecular complexity index is 1420. The third-order valence-corrected chi connectivity index (χ3v) is 7.10. The molecule has 0 aliphatic rings. The van der Waals surface area contributed by atoms with E-state index in [1.807, 2.05) is 72.8 Å².